The van der Waals surface area contributed by atoms with E-state index in [2.05, 4.69) is 41.5 Å². The average Bonchev–Trinajstić information content (AvgIpc) is 3.72. The molecule has 0 radical (unpaired) electrons. The maximum Gasteiger partial charge on any atom is 0.472 e. The number of unbranched alkanes of at least 4 members (excludes halogenated alkanes) is 39. The number of phosphoric acid groups is 2. The highest BCUT2D eigenvalue weighted by atomic mass is 31.2. The van der Waals surface area contributed by atoms with E-state index in [4.69, 9.17) is 37.0 Å². The number of rotatable bonds is 70. The maximum absolute atomic E-state index is 13.0. The lowest BCUT2D eigenvalue weighted by molar-refractivity contribution is -0.161. The summed E-state index contributed by atoms with van der Waals surface area (Å²) in [5, 5.41) is 10.6. The Hall–Kier alpha value is -1.94. The van der Waals surface area contributed by atoms with E-state index in [0.29, 0.717) is 25.7 Å². The van der Waals surface area contributed by atoms with Crippen molar-refractivity contribution in [3.63, 3.8) is 0 Å². The Kier molecular flexibility index (Phi) is 61.8. The number of carbonyl (C=O) groups excluding carboxylic acids is 4. The first kappa shape index (κ1) is 88.1. The van der Waals surface area contributed by atoms with Crippen LogP contribution < -0.4 is 0 Å². The van der Waals surface area contributed by atoms with Gasteiger partial charge in [-0.25, -0.2) is 9.13 Å². The molecule has 0 aromatic carbocycles. The molecule has 19 heteroatoms. The van der Waals surface area contributed by atoms with E-state index in [1.54, 1.807) is 0 Å². The van der Waals surface area contributed by atoms with Crippen molar-refractivity contribution in [2.24, 2.45) is 11.8 Å². The fraction of sp³-hybridized carbons (Fsp3) is 0.944. The number of phosphoric ester groups is 2. The van der Waals surface area contributed by atoms with E-state index >= 15 is 0 Å². The van der Waals surface area contributed by atoms with E-state index in [9.17, 15) is 43.2 Å². The first-order valence-electron chi connectivity index (χ1n) is 37.0. The molecule has 0 aliphatic rings. The second-order valence-electron chi connectivity index (χ2n) is 26.3. The lowest BCUT2D eigenvalue weighted by Gasteiger charge is -2.21. The summed E-state index contributed by atoms with van der Waals surface area (Å²) in [4.78, 5) is 72.5. The first-order valence-corrected chi connectivity index (χ1v) is 40.0. The third-order valence-electron chi connectivity index (χ3n) is 16.8. The number of ether oxygens (including phenoxy) is 4. The van der Waals surface area contributed by atoms with Crippen LogP contribution >= 0.6 is 15.6 Å². The Morgan fingerprint density at radius 3 is 0.844 bits per heavy atom. The van der Waals surface area contributed by atoms with Crippen molar-refractivity contribution in [3.05, 3.63) is 0 Å². The zero-order valence-electron chi connectivity index (χ0n) is 58.4. The van der Waals surface area contributed by atoms with Crippen molar-refractivity contribution < 1.29 is 80.2 Å². The van der Waals surface area contributed by atoms with Crippen molar-refractivity contribution in [1.29, 1.82) is 0 Å². The van der Waals surface area contributed by atoms with Crippen LogP contribution in [0.2, 0.25) is 0 Å². The molecule has 6 atom stereocenters. The maximum atomic E-state index is 13.0. The second kappa shape index (κ2) is 63.1. The molecular weight excluding hydrogens is 1190 g/mol. The van der Waals surface area contributed by atoms with Crippen LogP contribution in [0.1, 0.15) is 363 Å². The van der Waals surface area contributed by atoms with Gasteiger partial charge in [-0.15, -0.1) is 0 Å². The summed E-state index contributed by atoms with van der Waals surface area (Å²) in [6.07, 6.45) is 48.5. The highest BCUT2D eigenvalue weighted by molar-refractivity contribution is 7.47. The van der Waals surface area contributed by atoms with E-state index < -0.39 is 97.5 Å². The van der Waals surface area contributed by atoms with Crippen molar-refractivity contribution in [2.45, 2.75) is 381 Å². The lowest BCUT2D eigenvalue weighted by Crippen LogP contribution is -2.30. The average molecular weight is 1330 g/mol. The molecule has 0 amide bonds. The number of hydrogen-bond donors (Lipinski definition) is 3. The summed E-state index contributed by atoms with van der Waals surface area (Å²) in [7, 11) is -9.90. The first-order chi connectivity index (χ1) is 43.4. The van der Waals surface area contributed by atoms with Crippen LogP contribution in [0, 0.1) is 11.8 Å². The second-order valence-corrected chi connectivity index (χ2v) is 29.3. The molecule has 17 nitrogen and oxygen atoms in total. The van der Waals surface area contributed by atoms with Gasteiger partial charge < -0.3 is 33.8 Å². The molecule has 0 heterocycles. The van der Waals surface area contributed by atoms with Crippen molar-refractivity contribution in [1.82, 2.24) is 0 Å². The zero-order valence-corrected chi connectivity index (χ0v) is 60.2. The Balaban J connectivity index is 5.22. The highest BCUT2D eigenvalue weighted by Gasteiger charge is 2.30. The molecule has 0 spiro atoms. The molecule has 0 aromatic heterocycles. The molecule has 3 unspecified atom stereocenters. The van der Waals surface area contributed by atoms with Crippen molar-refractivity contribution in [2.75, 3.05) is 39.6 Å². The molecule has 0 saturated heterocycles. The fourth-order valence-electron chi connectivity index (χ4n) is 10.7. The van der Waals surface area contributed by atoms with Crippen LogP contribution in [0.5, 0.6) is 0 Å². The SMILES string of the molecule is CCCCCCCCCCCCCC(=O)O[C@H](COC(=O)CCCCCCCCCC)COP(=O)(O)OC[C@H](O)COP(=O)(O)OC[C@@H](COC(=O)CCCCCCCCCCCCC(C)CC)OC(=O)CCCCCCCCCCCCCCCCC(C)C. The number of esters is 4. The molecule has 0 aliphatic heterocycles. The monoisotopic (exact) mass is 1320 g/mol. The highest BCUT2D eigenvalue weighted by Crippen LogP contribution is 2.45. The van der Waals surface area contributed by atoms with Gasteiger partial charge in [0.05, 0.1) is 26.4 Å². The minimum Gasteiger partial charge on any atom is -0.462 e. The van der Waals surface area contributed by atoms with Crippen LogP contribution in [0.15, 0.2) is 0 Å². The number of hydrogen-bond acceptors (Lipinski definition) is 15. The van der Waals surface area contributed by atoms with Crippen LogP contribution in [-0.2, 0) is 65.4 Å². The van der Waals surface area contributed by atoms with E-state index in [0.717, 1.165) is 108 Å². The quantitative estimate of drug-likeness (QED) is 0.0222. The van der Waals surface area contributed by atoms with E-state index in [-0.39, 0.29) is 25.7 Å². The van der Waals surface area contributed by atoms with Crippen LogP contribution in [0.3, 0.4) is 0 Å². The van der Waals surface area contributed by atoms with Crippen LogP contribution in [-0.4, -0.2) is 96.7 Å². The minimum absolute atomic E-state index is 0.107. The van der Waals surface area contributed by atoms with Crippen LogP contribution in [0.4, 0.5) is 0 Å². The number of aliphatic hydroxyl groups excluding tert-OH is 1. The summed E-state index contributed by atoms with van der Waals surface area (Å²) in [5.74, 6) is -0.519. The van der Waals surface area contributed by atoms with Gasteiger partial charge in [0.25, 0.3) is 0 Å². The Bertz CT molecular complexity index is 1750. The summed E-state index contributed by atoms with van der Waals surface area (Å²) in [5.41, 5.74) is 0. The topological polar surface area (TPSA) is 237 Å². The van der Waals surface area contributed by atoms with Gasteiger partial charge in [-0.3, -0.25) is 37.3 Å². The van der Waals surface area contributed by atoms with Crippen molar-refractivity contribution in [3.8, 4) is 0 Å². The normalized spacial score (nSPS) is 14.4. The zero-order chi connectivity index (χ0) is 66.5. The lowest BCUT2D eigenvalue weighted by atomic mass is 9.99. The molecule has 0 fully saturated rings. The predicted octanol–water partition coefficient (Wildman–Crippen LogP) is 20.4. The molecule has 534 valence electrons. The summed E-state index contributed by atoms with van der Waals surface area (Å²) in [6, 6.07) is 0. The molecule has 90 heavy (non-hydrogen) atoms. The number of aliphatic hydroxyl groups is 1. The Morgan fingerprint density at radius 1 is 0.322 bits per heavy atom. The van der Waals surface area contributed by atoms with Gasteiger partial charge in [0.1, 0.15) is 19.3 Å². The van der Waals surface area contributed by atoms with Gasteiger partial charge in [0, 0.05) is 25.7 Å². The molecule has 0 aliphatic carbocycles. The molecule has 0 saturated carbocycles. The van der Waals surface area contributed by atoms with Gasteiger partial charge in [0.2, 0.25) is 0 Å². The van der Waals surface area contributed by atoms with E-state index in [1.165, 1.54) is 173 Å². The molecule has 0 bridgehead atoms. The minimum atomic E-state index is -4.95. The third-order valence-corrected chi connectivity index (χ3v) is 18.7. The standard InChI is InChI=1S/C71H138O17P2/c1-7-10-12-14-16-18-23-31-37-43-49-55-70(75)87-66(59-81-68(73)53-47-41-35-17-15-13-11-8-2)61-85-89(77,78)83-57-65(72)58-84-90(79,80)86-62-67(60-82-69(74)54-48-42-36-30-27-26-29-34-40-46-52-64(6)9-3)88-71(76)56-50-44-38-32-25-22-20-19-21-24-28-33-39-45-51-63(4)5/h63-67,72H,7-62H2,1-6H3,(H,77,78)(H,79,80)/t64?,65-,66+,67+/m0/s1. The number of carbonyl (C=O) groups is 4. The van der Waals surface area contributed by atoms with Crippen molar-refractivity contribution >= 4 is 39.5 Å². The van der Waals surface area contributed by atoms with Gasteiger partial charge in [0.15, 0.2) is 12.2 Å². The Morgan fingerprint density at radius 2 is 0.567 bits per heavy atom. The van der Waals surface area contributed by atoms with E-state index in [1.807, 2.05) is 0 Å². The fourth-order valence-corrected chi connectivity index (χ4v) is 12.3. The Labute approximate surface area is 549 Å². The largest absolute Gasteiger partial charge is 0.472 e. The summed E-state index contributed by atoms with van der Waals surface area (Å²) in [6.45, 7) is 9.58. The third kappa shape index (κ3) is 63.5. The van der Waals surface area contributed by atoms with Crippen LogP contribution in [0.25, 0.3) is 0 Å². The molecule has 3 N–H and O–H groups in total. The summed E-state index contributed by atoms with van der Waals surface area (Å²) >= 11 is 0. The van der Waals surface area contributed by atoms with Gasteiger partial charge in [-0.2, -0.15) is 0 Å². The smallest absolute Gasteiger partial charge is 0.462 e. The molecular formula is C71H138O17P2. The van der Waals surface area contributed by atoms with Gasteiger partial charge in [-0.1, -0.05) is 311 Å². The van der Waals surface area contributed by atoms with Gasteiger partial charge >= 0.3 is 39.5 Å². The molecule has 0 aromatic rings. The molecule has 0 rings (SSSR count). The summed E-state index contributed by atoms with van der Waals surface area (Å²) < 4.78 is 68.3. The van der Waals surface area contributed by atoms with Gasteiger partial charge in [-0.05, 0) is 37.5 Å². The predicted molar refractivity (Wildman–Crippen MR) is 363 cm³/mol.